The molecule has 25 heavy (non-hydrogen) atoms. The number of anilines is 3. The molecule has 1 aliphatic rings. The van der Waals surface area contributed by atoms with E-state index in [9.17, 15) is 4.79 Å². The van der Waals surface area contributed by atoms with Crippen molar-refractivity contribution in [2.45, 2.75) is 6.92 Å². The highest BCUT2D eigenvalue weighted by Gasteiger charge is 2.18. The summed E-state index contributed by atoms with van der Waals surface area (Å²) in [6, 6.07) is 7.26. The Morgan fingerprint density at radius 1 is 1.20 bits per heavy atom. The van der Waals surface area contributed by atoms with Crippen molar-refractivity contribution in [1.82, 2.24) is 14.9 Å². The SMILES string of the molecule is COc1ccc(Cl)cc1Nc1cc(N2CCN(C=O)CC2)nc(C)n1. The molecule has 1 aromatic carbocycles. The smallest absolute Gasteiger partial charge is 0.209 e. The molecule has 1 N–H and O–H groups in total. The van der Waals surface area contributed by atoms with Crippen LogP contribution in [-0.2, 0) is 4.79 Å². The third kappa shape index (κ3) is 4.11. The van der Waals surface area contributed by atoms with Gasteiger partial charge in [0.25, 0.3) is 0 Å². The Kier molecular flexibility index (Phi) is 5.23. The molecule has 0 radical (unpaired) electrons. The van der Waals surface area contributed by atoms with Gasteiger partial charge in [0.2, 0.25) is 6.41 Å². The fourth-order valence-corrected chi connectivity index (χ4v) is 2.92. The molecule has 0 atom stereocenters. The molecule has 2 heterocycles. The van der Waals surface area contributed by atoms with Gasteiger partial charge in [-0.1, -0.05) is 11.6 Å². The lowest BCUT2D eigenvalue weighted by Crippen LogP contribution is -2.46. The minimum Gasteiger partial charge on any atom is -0.495 e. The van der Waals surface area contributed by atoms with Gasteiger partial charge in [-0.25, -0.2) is 9.97 Å². The molecule has 0 bridgehead atoms. The van der Waals surface area contributed by atoms with E-state index < -0.39 is 0 Å². The van der Waals surface area contributed by atoms with E-state index in [1.807, 2.05) is 13.0 Å². The summed E-state index contributed by atoms with van der Waals surface area (Å²) in [7, 11) is 1.61. The largest absolute Gasteiger partial charge is 0.495 e. The van der Waals surface area contributed by atoms with E-state index in [4.69, 9.17) is 16.3 Å². The average molecular weight is 362 g/mol. The van der Waals surface area contributed by atoms with Gasteiger partial charge in [0, 0.05) is 37.3 Å². The normalized spacial score (nSPS) is 14.4. The zero-order chi connectivity index (χ0) is 17.8. The lowest BCUT2D eigenvalue weighted by Gasteiger charge is -2.33. The number of nitrogens with one attached hydrogen (secondary N) is 1. The van der Waals surface area contributed by atoms with Crippen LogP contribution in [0.4, 0.5) is 17.3 Å². The molecular formula is C17H20ClN5O2. The monoisotopic (exact) mass is 361 g/mol. The standard InChI is InChI=1S/C17H20ClN5O2/c1-12-19-16(21-14-9-13(18)3-4-15(14)25-2)10-17(20-12)23-7-5-22(11-24)6-8-23/h3-4,9-11H,5-8H2,1-2H3,(H,19,20,21). The number of piperazine rings is 1. The fraction of sp³-hybridized carbons (Fsp3) is 0.353. The maximum atomic E-state index is 10.9. The number of methoxy groups -OCH3 is 1. The maximum absolute atomic E-state index is 10.9. The van der Waals surface area contributed by atoms with Gasteiger partial charge in [0.15, 0.2) is 0 Å². The van der Waals surface area contributed by atoms with Crippen molar-refractivity contribution in [1.29, 1.82) is 0 Å². The summed E-state index contributed by atoms with van der Waals surface area (Å²) >= 11 is 6.08. The average Bonchev–Trinajstić information content (AvgIpc) is 2.61. The second-order valence-corrected chi connectivity index (χ2v) is 6.19. The predicted molar refractivity (Wildman–Crippen MR) is 97.9 cm³/mol. The van der Waals surface area contributed by atoms with E-state index >= 15 is 0 Å². The Bertz CT molecular complexity index is 763. The van der Waals surface area contributed by atoms with Gasteiger partial charge < -0.3 is 19.9 Å². The number of ether oxygens (including phenoxy) is 1. The minimum atomic E-state index is 0.610. The van der Waals surface area contributed by atoms with Crippen molar-refractivity contribution < 1.29 is 9.53 Å². The van der Waals surface area contributed by atoms with Gasteiger partial charge in [0.05, 0.1) is 12.8 Å². The zero-order valence-corrected chi connectivity index (χ0v) is 15.0. The maximum Gasteiger partial charge on any atom is 0.209 e. The number of hydrogen-bond donors (Lipinski definition) is 1. The number of benzene rings is 1. The van der Waals surface area contributed by atoms with Crippen molar-refractivity contribution in [3.8, 4) is 5.75 Å². The van der Waals surface area contributed by atoms with Crippen LogP contribution in [-0.4, -0.2) is 54.6 Å². The van der Waals surface area contributed by atoms with Crippen molar-refractivity contribution in [2.75, 3.05) is 43.5 Å². The summed E-state index contributed by atoms with van der Waals surface area (Å²) < 4.78 is 5.36. The summed E-state index contributed by atoms with van der Waals surface area (Å²) in [5, 5.41) is 3.86. The molecule has 7 nitrogen and oxygen atoms in total. The summed E-state index contributed by atoms with van der Waals surface area (Å²) in [6.07, 6.45) is 0.890. The number of hydrogen-bond acceptors (Lipinski definition) is 6. The first-order chi connectivity index (χ1) is 12.1. The summed E-state index contributed by atoms with van der Waals surface area (Å²) in [6.45, 7) is 4.73. The Morgan fingerprint density at radius 3 is 2.64 bits per heavy atom. The zero-order valence-electron chi connectivity index (χ0n) is 14.2. The molecule has 1 aromatic heterocycles. The molecule has 0 aliphatic carbocycles. The van der Waals surface area contributed by atoms with E-state index in [0.717, 1.165) is 31.0 Å². The molecular weight excluding hydrogens is 342 g/mol. The van der Waals surface area contributed by atoms with E-state index in [2.05, 4.69) is 20.2 Å². The van der Waals surface area contributed by atoms with Gasteiger partial charge in [-0.05, 0) is 25.1 Å². The molecule has 3 rings (SSSR count). The molecule has 0 unspecified atom stereocenters. The van der Waals surface area contributed by atoms with Crippen LogP contribution >= 0.6 is 11.6 Å². The Hall–Kier alpha value is -2.54. The van der Waals surface area contributed by atoms with Crippen LogP contribution in [0, 0.1) is 6.92 Å². The van der Waals surface area contributed by atoms with E-state index in [1.165, 1.54) is 0 Å². The molecule has 8 heteroatoms. The molecule has 0 saturated carbocycles. The van der Waals surface area contributed by atoms with Crippen LogP contribution in [0.25, 0.3) is 0 Å². The summed E-state index contributed by atoms with van der Waals surface area (Å²) in [4.78, 5) is 23.7. The topological polar surface area (TPSA) is 70.6 Å². The second kappa shape index (κ2) is 7.57. The van der Waals surface area contributed by atoms with E-state index in [0.29, 0.717) is 35.5 Å². The molecule has 0 spiro atoms. The highest BCUT2D eigenvalue weighted by molar-refractivity contribution is 6.31. The molecule has 132 valence electrons. The number of nitrogens with zero attached hydrogens (tertiary/aromatic N) is 4. The lowest BCUT2D eigenvalue weighted by atomic mass is 10.3. The third-order valence-electron chi connectivity index (χ3n) is 4.04. The quantitative estimate of drug-likeness (QED) is 0.825. The van der Waals surface area contributed by atoms with Crippen LogP contribution in [0.15, 0.2) is 24.3 Å². The van der Waals surface area contributed by atoms with Crippen molar-refractivity contribution in [3.63, 3.8) is 0 Å². The van der Waals surface area contributed by atoms with Gasteiger partial charge in [0.1, 0.15) is 23.2 Å². The third-order valence-corrected chi connectivity index (χ3v) is 4.27. The van der Waals surface area contributed by atoms with Gasteiger partial charge in [-0.3, -0.25) is 4.79 Å². The number of rotatable bonds is 5. The van der Waals surface area contributed by atoms with E-state index in [1.54, 1.807) is 30.2 Å². The van der Waals surface area contributed by atoms with Crippen LogP contribution in [0.5, 0.6) is 5.75 Å². The number of carbonyl (C=O) groups is 1. The summed E-state index contributed by atoms with van der Waals surface area (Å²) in [5.41, 5.74) is 0.741. The van der Waals surface area contributed by atoms with Gasteiger partial charge >= 0.3 is 0 Å². The van der Waals surface area contributed by atoms with Crippen LogP contribution in [0.2, 0.25) is 5.02 Å². The highest BCUT2D eigenvalue weighted by Crippen LogP contribution is 2.30. The molecule has 1 amide bonds. The first-order valence-electron chi connectivity index (χ1n) is 7.99. The van der Waals surface area contributed by atoms with Crippen LogP contribution in [0.3, 0.4) is 0 Å². The molecule has 1 saturated heterocycles. The number of aryl methyl sites for hydroxylation is 1. The molecule has 2 aromatic rings. The van der Waals surface area contributed by atoms with Crippen molar-refractivity contribution >= 4 is 35.3 Å². The first-order valence-corrected chi connectivity index (χ1v) is 8.37. The van der Waals surface area contributed by atoms with E-state index in [-0.39, 0.29) is 0 Å². The number of amides is 1. The highest BCUT2D eigenvalue weighted by atomic mass is 35.5. The second-order valence-electron chi connectivity index (χ2n) is 5.76. The Balaban J connectivity index is 1.83. The molecule has 1 aliphatic heterocycles. The Labute approximate surface area is 151 Å². The van der Waals surface area contributed by atoms with Crippen LogP contribution < -0.4 is 15.0 Å². The lowest BCUT2D eigenvalue weighted by molar-refractivity contribution is -0.118. The fourth-order valence-electron chi connectivity index (χ4n) is 2.75. The Morgan fingerprint density at radius 2 is 1.96 bits per heavy atom. The van der Waals surface area contributed by atoms with Gasteiger partial charge in [-0.15, -0.1) is 0 Å². The first kappa shape index (κ1) is 17.3. The predicted octanol–water partition coefficient (Wildman–Crippen LogP) is 2.47. The number of aromatic nitrogens is 2. The number of carbonyl (C=O) groups excluding carboxylic acids is 1. The van der Waals surface area contributed by atoms with Crippen molar-refractivity contribution in [3.05, 3.63) is 35.1 Å². The van der Waals surface area contributed by atoms with Crippen molar-refractivity contribution in [2.24, 2.45) is 0 Å². The number of halogens is 1. The molecule has 1 fully saturated rings. The van der Waals surface area contributed by atoms with Crippen LogP contribution in [0.1, 0.15) is 5.82 Å². The minimum absolute atomic E-state index is 0.610. The van der Waals surface area contributed by atoms with Gasteiger partial charge in [-0.2, -0.15) is 0 Å². The summed E-state index contributed by atoms with van der Waals surface area (Å²) in [5.74, 6) is 2.85.